The lowest BCUT2D eigenvalue weighted by molar-refractivity contribution is -0.132. The molecule has 0 aromatic heterocycles. The Hall–Kier alpha value is -1.36. The van der Waals surface area contributed by atoms with Gasteiger partial charge in [0.25, 0.3) is 0 Å². The van der Waals surface area contributed by atoms with Gasteiger partial charge in [0.1, 0.15) is 5.75 Å². The van der Waals surface area contributed by atoms with Crippen LogP contribution in [0.4, 0.5) is 5.69 Å². The fourth-order valence-corrected chi connectivity index (χ4v) is 2.78. The number of rotatable bonds is 8. The van der Waals surface area contributed by atoms with Crippen LogP contribution in [0.2, 0.25) is 0 Å². The number of nitrogens with zero attached hydrogens (tertiary/aromatic N) is 1. The maximum atomic E-state index is 12.1. The summed E-state index contributed by atoms with van der Waals surface area (Å²) in [6, 6.07) is 7.61. The first kappa shape index (κ1) is 16.7. The Morgan fingerprint density at radius 1 is 1.45 bits per heavy atom. The molecule has 4 nitrogen and oxygen atoms in total. The van der Waals surface area contributed by atoms with E-state index in [4.69, 9.17) is 10.5 Å². The van der Waals surface area contributed by atoms with Crippen molar-refractivity contribution in [3.05, 3.63) is 24.3 Å². The number of amides is 1. The van der Waals surface area contributed by atoms with Crippen LogP contribution < -0.4 is 10.5 Å². The van der Waals surface area contributed by atoms with E-state index in [1.165, 1.54) is 0 Å². The average molecular weight is 296 g/mol. The summed E-state index contributed by atoms with van der Waals surface area (Å²) >= 11 is 1.76. The number of thioether (sulfide) groups is 1. The first-order valence-electron chi connectivity index (χ1n) is 6.82. The predicted molar refractivity (Wildman–Crippen MR) is 86.2 cm³/mol. The molecule has 1 aromatic rings. The van der Waals surface area contributed by atoms with Crippen molar-refractivity contribution in [3.63, 3.8) is 0 Å². The van der Waals surface area contributed by atoms with E-state index in [9.17, 15) is 4.79 Å². The van der Waals surface area contributed by atoms with E-state index < -0.39 is 0 Å². The van der Waals surface area contributed by atoms with Crippen molar-refractivity contribution in [2.75, 3.05) is 31.4 Å². The molecule has 0 saturated heterocycles. The lowest BCUT2D eigenvalue weighted by Gasteiger charge is -2.26. The van der Waals surface area contributed by atoms with E-state index in [1.807, 2.05) is 30.1 Å². The van der Waals surface area contributed by atoms with Crippen molar-refractivity contribution in [3.8, 4) is 5.75 Å². The Labute approximate surface area is 125 Å². The topological polar surface area (TPSA) is 55.6 Å². The molecular formula is C15H24N2O2S. The average Bonchev–Trinajstić information content (AvgIpc) is 2.46. The van der Waals surface area contributed by atoms with E-state index in [2.05, 4.69) is 13.2 Å². The minimum atomic E-state index is 0.111. The second-order valence-corrected chi connectivity index (χ2v) is 5.57. The summed E-state index contributed by atoms with van der Waals surface area (Å²) in [4.78, 5) is 13.9. The molecule has 5 heteroatoms. The van der Waals surface area contributed by atoms with Gasteiger partial charge < -0.3 is 15.4 Å². The Morgan fingerprint density at radius 3 is 2.75 bits per heavy atom. The highest BCUT2D eigenvalue weighted by Gasteiger charge is 2.17. The fourth-order valence-electron chi connectivity index (χ4n) is 1.94. The molecule has 0 fully saturated rings. The van der Waals surface area contributed by atoms with Gasteiger partial charge in [0.05, 0.1) is 18.7 Å². The maximum absolute atomic E-state index is 12.1. The molecule has 0 heterocycles. The predicted octanol–water partition coefficient (Wildman–Crippen LogP) is 2.64. The number of anilines is 1. The minimum Gasteiger partial charge on any atom is -0.491 e. The number of carbonyl (C=O) groups excluding carboxylic acids is 1. The number of nitrogen functional groups attached to an aromatic ring is 1. The quantitative estimate of drug-likeness (QED) is 0.749. The van der Waals surface area contributed by atoms with Gasteiger partial charge in [0.15, 0.2) is 0 Å². The number of hydrogen-bond donors (Lipinski definition) is 1. The summed E-state index contributed by atoms with van der Waals surface area (Å²) in [7, 11) is 1.86. The summed E-state index contributed by atoms with van der Waals surface area (Å²) in [5.41, 5.74) is 6.38. The lowest BCUT2D eigenvalue weighted by atomic mass is 10.2. The zero-order valence-electron chi connectivity index (χ0n) is 12.5. The van der Waals surface area contributed by atoms with Gasteiger partial charge in [-0.2, -0.15) is 11.8 Å². The van der Waals surface area contributed by atoms with E-state index in [-0.39, 0.29) is 5.91 Å². The summed E-state index contributed by atoms with van der Waals surface area (Å²) in [5.74, 6) is 1.71. The standard InChI is InChI=1S/C15H24N2O2S/c1-4-12(11-20-3)17(2)15(18)9-10-19-14-8-6-5-7-13(14)16/h5-8,12H,4,9-11,16H2,1-3H3. The van der Waals surface area contributed by atoms with Crippen LogP contribution in [0.1, 0.15) is 19.8 Å². The lowest BCUT2D eigenvalue weighted by Crippen LogP contribution is -2.38. The number of nitrogens with two attached hydrogens (primary N) is 1. The summed E-state index contributed by atoms with van der Waals surface area (Å²) in [6.45, 7) is 2.46. The van der Waals surface area contributed by atoms with E-state index in [0.29, 0.717) is 30.5 Å². The Morgan fingerprint density at radius 2 is 2.15 bits per heavy atom. The van der Waals surface area contributed by atoms with Crippen LogP contribution in [0.3, 0.4) is 0 Å². The summed E-state index contributed by atoms with van der Waals surface area (Å²) in [5, 5.41) is 0. The van der Waals surface area contributed by atoms with Crippen molar-refractivity contribution in [1.29, 1.82) is 0 Å². The van der Waals surface area contributed by atoms with Gasteiger partial charge in [-0.1, -0.05) is 19.1 Å². The molecule has 1 rings (SSSR count). The van der Waals surface area contributed by atoms with Gasteiger partial charge in [-0.25, -0.2) is 0 Å². The highest BCUT2D eigenvalue weighted by atomic mass is 32.2. The molecule has 112 valence electrons. The molecule has 1 atom stereocenters. The van der Waals surface area contributed by atoms with Crippen LogP contribution in [0, 0.1) is 0 Å². The Balaban J connectivity index is 2.41. The monoisotopic (exact) mass is 296 g/mol. The van der Waals surface area contributed by atoms with E-state index in [0.717, 1.165) is 12.2 Å². The van der Waals surface area contributed by atoms with Gasteiger partial charge in [0.2, 0.25) is 5.91 Å². The van der Waals surface area contributed by atoms with Crippen LogP contribution >= 0.6 is 11.8 Å². The van der Waals surface area contributed by atoms with Gasteiger partial charge in [-0.3, -0.25) is 4.79 Å². The summed E-state index contributed by atoms with van der Waals surface area (Å²) < 4.78 is 5.55. The molecule has 0 bridgehead atoms. The zero-order valence-corrected chi connectivity index (χ0v) is 13.3. The zero-order chi connectivity index (χ0) is 15.0. The van der Waals surface area contributed by atoms with Gasteiger partial charge in [-0.15, -0.1) is 0 Å². The maximum Gasteiger partial charge on any atom is 0.226 e. The van der Waals surface area contributed by atoms with Crippen LogP contribution in [0.15, 0.2) is 24.3 Å². The normalized spacial score (nSPS) is 11.9. The first-order chi connectivity index (χ1) is 9.60. The van der Waals surface area contributed by atoms with Gasteiger partial charge in [0, 0.05) is 18.8 Å². The number of benzene rings is 1. The van der Waals surface area contributed by atoms with E-state index >= 15 is 0 Å². The molecule has 0 spiro atoms. The molecular weight excluding hydrogens is 272 g/mol. The molecule has 1 unspecified atom stereocenters. The van der Waals surface area contributed by atoms with Crippen molar-refractivity contribution in [2.45, 2.75) is 25.8 Å². The third kappa shape index (κ3) is 4.96. The second kappa shape index (κ2) is 8.74. The number of para-hydroxylation sites is 2. The molecule has 0 aliphatic heterocycles. The second-order valence-electron chi connectivity index (χ2n) is 4.66. The Kier molecular flexibility index (Phi) is 7.30. The van der Waals surface area contributed by atoms with Gasteiger partial charge in [-0.05, 0) is 24.8 Å². The molecule has 20 heavy (non-hydrogen) atoms. The number of hydrogen-bond acceptors (Lipinski definition) is 4. The highest BCUT2D eigenvalue weighted by molar-refractivity contribution is 7.98. The highest BCUT2D eigenvalue weighted by Crippen LogP contribution is 2.20. The van der Waals surface area contributed by atoms with Crippen LogP contribution in [0.5, 0.6) is 5.75 Å². The largest absolute Gasteiger partial charge is 0.491 e. The van der Waals surface area contributed by atoms with E-state index in [1.54, 1.807) is 17.8 Å². The van der Waals surface area contributed by atoms with Crippen molar-refractivity contribution < 1.29 is 9.53 Å². The molecule has 0 aliphatic carbocycles. The SMILES string of the molecule is CCC(CSC)N(C)C(=O)CCOc1ccccc1N. The minimum absolute atomic E-state index is 0.111. The Bertz CT molecular complexity index is 426. The molecule has 0 radical (unpaired) electrons. The third-order valence-corrected chi connectivity index (χ3v) is 3.98. The van der Waals surface area contributed by atoms with Crippen LogP contribution in [-0.4, -0.2) is 42.5 Å². The molecule has 0 aliphatic rings. The van der Waals surface area contributed by atoms with Crippen LogP contribution in [0.25, 0.3) is 0 Å². The van der Waals surface area contributed by atoms with Gasteiger partial charge >= 0.3 is 0 Å². The molecule has 2 N–H and O–H groups in total. The van der Waals surface area contributed by atoms with Crippen molar-refractivity contribution in [1.82, 2.24) is 4.90 Å². The van der Waals surface area contributed by atoms with Crippen LogP contribution in [-0.2, 0) is 4.79 Å². The number of carbonyl (C=O) groups is 1. The smallest absolute Gasteiger partial charge is 0.226 e. The fraction of sp³-hybridized carbons (Fsp3) is 0.533. The molecule has 0 saturated carbocycles. The first-order valence-corrected chi connectivity index (χ1v) is 8.21. The third-order valence-electron chi connectivity index (χ3n) is 3.26. The molecule has 1 amide bonds. The van der Waals surface area contributed by atoms with Crippen molar-refractivity contribution in [2.24, 2.45) is 0 Å². The number of ether oxygens (including phenoxy) is 1. The summed E-state index contributed by atoms with van der Waals surface area (Å²) in [6.07, 6.45) is 3.40. The van der Waals surface area contributed by atoms with Crippen molar-refractivity contribution >= 4 is 23.4 Å². The molecule has 1 aromatic carbocycles.